The van der Waals surface area contributed by atoms with Crippen molar-refractivity contribution < 1.29 is 9.59 Å². The number of hydrogen-bond acceptors (Lipinski definition) is 4. The second-order valence-electron chi connectivity index (χ2n) is 5.56. The number of thiazole rings is 1. The van der Waals surface area contributed by atoms with Gasteiger partial charge in [-0.2, -0.15) is 0 Å². The van der Waals surface area contributed by atoms with Gasteiger partial charge < -0.3 is 15.5 Å². The SMILES string of the molecule is CCN(CC)C(=O)NCCc1csc(-c2ccc(NC(C)=O)cc2)n1. The normalized spacial score (nSPS) is 10.4. The van der Waals surface area contributed by atoms with Gasteiger partial charge >= 0.3 is 6.03 Å². The third kappa shape index (κ3) is 5.56. The molecule has 3 amide bonds. The summed E-state index contributed by atoms with van der Waals surface area (Å²) in [7, 11) is 0. The van der Waals surface area contributed by atoms with Crippen molar-refractivity contribution in [2.24, 2.45) is 0 Å². The van der Waals surface area contributed by atoms with Crippen molar-refractivity contribution in [3.63, 3.8) is 0 Å². The Hall–Kier alpha value is -2.41. The van der Waals surface area contributed by atoms with E-state index in [0.29, 0.717) is 26.1 Å². The maximum absolute atomic E-state index is 11.9. The molecule has 0 atom stereocenters. The molecule has 6 nitrogen and oxygen atoms in total. The van der Waals surface area contributed by atoms with Gasteiger partial charge in [0.1, 0.15) is 5.01 Å². The molecule has 2 rings (SSSR count). The van der Waals surface area contributed by atoms with Crippen molar-refractivity contribution in [1.29, 1.82) is 0 Å². The average Bonchev–Trinajstić information content (AvgIpc) is 3.05. The number of amides is 3. The van der Waals surface area contributed by atoms with E-state index < -0.39 is 0 Å². The average molecular weight is 360 g/mol. The Labute approximate surface area is 152 Å². The summed E-state index contributed by atoms with van der Waals surface area (Å²) < 4.78 is 0. The van der Waals surface area contributed by atoms with Crippen LogP contribution in [0.4, 0.5) is 10.5 Å². The summed E-state index contributed by atoms with van der Waals surface area (Å²) in [5.74, 6) is -0.0870. The molecule has 25 heavy (non-hydrogen) atoms. The molecule has 0 aliphatic rings. The van der Waals surface area contributed by atoms with E-state index in [1.54, 1.807) is 16.2 Å². The first-order chi connectivity index (χ1) is 12.0. The fraction of sp³-hybridized carbons (Fsp3) is 0.389. The number of rotatable bonds is 7. The lowest BCUT2D eigenvalue weighted by Gasteiger charge is -2.18. The van der Waals surface area contributed by atoms with Gasteiger partial charge in [0.25, 0.3) is 0 Å². The Balaban J connectivity index is 1.89. The van der Waals surface area contributed by atoms with Crippen LogP contribution in [0.15, 0.2) is 29.6 Å². The van der Waals surface area contributed by atoms with Crippen LogP contribution in [0.1, 0.15) is 26.5 Å². The molecule has 1 aromatic heterocycles. The summed E-state index contributed by atoms with van der Waals surface area (Å²) in [6.07, 6.45) is 0.702. The van der Waals surface area contributed by atoms with Crippen LogP contribution in [-0.2, 0) is 11.2 Å². The Morgan fingerprint density at radius 2 is 1.84 bits per heavy atom. The molecule has 0 aliphatic heterocycles. The molecule has 2 aromatic rings. The molecule has 1 heterocycles. The molecule has 0 saturated heterocycles. The summed E-state index contributed by atoms with van der Waals surface area (Å²) >= 11 is 1.57. The van der Waals surface area contributed by atoms with Gasteiger partial charge in [-0.15, -0.1) is 11.3 Å². The molecule has 0 spiro atoms. The number of anilines is 1. The minimum absolute atomic E-state index is 0.0333. The molecule has 0 radical (unpaired) electrons. The first-order valence-electron chi connectivity index (χ1n) is 8.38. The van der Waals surface area contributed by atoms with E-state index in [2.05, 4.69) is 15.6 Å². The van der Waals surface area contributed by atoms with E-state index in [1.165, 1.54) is 6.92 Å². The fourth-order valence-corrected chi connectivity index (χ4v) is 3.23. The molecule has 7 heteroatoms. The van der Waals surface area contributed by atoms with E-state index >= 15 is 0 Å². The largest absolute Gasteiger partial charge is 0.338 e. The number of nitrogens with zero attached hydrogens (tertiary/aromatic N) is 2. The highest BCUT2D eigenvalue weighted by molar-refractivity contribution is 7.13. The quantitative estimate of drug-likeness (QED) is 0.795. The number of urea groups is 1. The Morgan fingerprint density at radius 3 is 2.44 bits per heavy atom. The first kappa shape index (κ1) is 18.9. The summed E-state index contributed by atoms with van der Waals surface area (Å²) in [4.78, 5) is 29.3. The summed E-state index contributed by atoms with van der Waals surface area (Å²) in [5, 5.41) is 8.61. The summed E-state index contributed by atoms with van der Waals surface area (Å²) in [5.41, 5.74) is 2.75. The van der Waals surface area contributed by atoms with Gasteiger partial charge in [0.2, 0.25) is 5.91 Å². The standard InChI is InChI=1S/C18H24N4O2S/c1-4-22(5-2)18(24)19-11-10-16-12-25-17(21-16)14-6-8-15(9-7-14)20-13(3)23/h6-9,12H,4-5,10-11H2,1-3H3,(H,19,24)(H,20,23). The Morgan fingerprint density at radius 1 is 1.16 bits per heavy atom. The highest BCUT2D eigenvalue weighted by Crippen LogP contribution is 2.25. The van der Waals surface area contributed by atoms with E-state index in [9.17, 15) is 9.59 Å². The van der Waals surface area contributed by atoms with Crippen molar-refractivity contribution in [2.45, 2.75) is 27.2 Å². The molecule has 0 aliphatic carbocycles. The molecule has 0 unspecified atom stereocenters. The lowest BCUT2D eigenvalue weighted by atomic mass is 10.2. The van der Waals surface area contributed by atoms with Crippen molar-refractivity contribution in [3.05, 3.63) is 35.3 Å². The zero-order chi connectivity index (χ0) is 18.2. The van der Waals surface area contributed by atoms with Gasteiger partial charge in [0.05, 0.1) is 5.69 Å². The topological polar surface area (TPSA) is 74.3 Å². The van der Waals surface area contributed by atoms with Gasteiger partial charge in [-0.25, -0.2) is 9.78 Å². The molecule has 0 saturated carbocycles. The van der Waals surface area contributed by atoms with Crippen LogP contribution in [0, 0.1) is 0 Å². The minimum atomic E-state index is -0.0870. The smallest absolute Gasteiger partial charge is 0.317 e. The maximum Gasteiger partial charge on any atom is 0.317 e. The third-order valence-electron chi connectivity index (χ3n) is 3.71. The van der Waals surface area contributed by atoms with E-state index in [1.807, 2.05) is 43.5 Å². The number of carbonyl (C=O) groups excluding carboxylic acids is 2. The van der Waals surface area contributed by atoms with Gasteiger partial charge in [0, 0.05) is 49.6 Å². The lowest BCUT2D eigenvalue weighted by molar-refractivity contribution is -0.114. The lowest BCUT2D eigenvalue weighted by Crippen LogP contribution is -2.40. The highest BCUT2D eigenvalue weighted by Gasteiger charge is 2.09. The van der Waals surface area contributed by atoms with Crippen LogP contribution in [0.25, 0.3) is 10.6 Å². The number of aromatic nitrogens is 1. The maximum atomic E-state index is 11.9. The van der Waals surface area contributed by atoms with Gasteiger partial charge in [0.15, 0.2) is 0 Å². The number of benzene rings is 1. The van der Waals surface area contributed by atoms with Crippen molar-refractivity contribution >= 4 is 29.0 Å². The second-order valence-corrected chi connectivity index (χ2v) is 6.41. The van der Waals surface area contributed by atoms with Crippen molar-refractivity contribution in [1.82, 2.24) is 15.2 Å². The van der Waals surface area contributed by atoms with Gasteiger partial charge in [-0.3, -0.25) is 4.79 Å². The summed E-state index contributed by atoms with van der Waals surface area (Å²) in [6, 6.07) is 7.57. The molecule has 0 fully saturated rings. The van der Waals surface area contributed by atoms with Crippen molar-refractivity contribution in [2.75, 3.05) is 25.0 Å². The van der Waals surface area contributed by atoms with Gasteiger partial charge in [-0.1, -0.05) is 0 Å². The van der Waals surface area contributed by atoms with Crippen LogP contribution in [0.2, 0.25) is 0 Å². The van der Waals surface area contributed by atoms with E-state index in [4.69, 9.17) is 0 Å². The summed E-state index contributed by atoms with van der Waals surface area (Å²) in [6.45, 7) is 7.40. The predicted molar refractivity (Wildman–Crippen MR) is 102 cm³/mol. The molecule has 1 aromatic carbocycles. The van der Waals surface area contributed by atoms with Crippen LogP contribution in [0.5, 0.6) is 0 Å². The Kier molecular flexibility index (Phi) is 6.94. The van der Waals surface area contributed by atoms with E-state index in [0.717, 1.165) is 22.0 Å². The van der Waals surface area contributed by atoms with Gasteiger partial charge in [-0.05, 0) is 38.1 Å². The van der Waals surface area contributed by atoms with E-state index in [-0.39, 0.29) is 11.9 Å². The monoisotopic (exact) mass is 360 g/mol. The zero-order valence-electron chi connectivity index (χ0n) is 14.8. The molecular weight excluding hydrogens is 336 g/mol. The number of hydrogen-bond donors (Lipinski definition) is 2. The number of carbonyl (C=O) groups is 2. The van der Waals surface area contributed by atoms with Crippen molar-refractivity contribution in [3.8, 4) is 10.6 Å². The molecule has 0 bridgehead atoms. The third-order valence-corrected chi connectivity index (χ3v) is 4.65. The second kappa shape index (κ2) is 9.17. The fourth-order valence-electron chi connectivity index (χ4n) is 2.37. The van der Waals surface area contributed by atoms with Crippen LogP contribution in [-0.4, -0.2) is 41.5 Å². The minimum Gasteiger partial charge on any atom is -0.338 e. The van der Waals surface area contributed by atoms with Crippen LogP contribution >= 0.6 is 11.3 Å². The number of nitrogens with one attached hydrogen (secondary N) is 2. The Bertz CT molecular complexity index is 708. The zero-order valence-corrected chi connectivity index (χ0v) is 15.7. The van der Waals surface area contributed by atoms with Crippen LogP contribution in [0.3, 0.4) is 0 Å². The molecule has 134 valence electrons. The molecular formula is C18H24N4O2S. The van der Waals surface area contributed by atoms with Crippen LogP contribution < -0.4 is 10.6 Å². The molecule has 2 N–H and O–H groups in total. The highest BCUT2D eigenvalue weighted by atomic mass is 32.1. The first-order valence-corrected chi connectivity index (χ1v) is 9.26. The predicted octanol–water partition coefficient (Wildman–Crippen LogP) is 3.36.